The SMILES string of the molecule is Cc1cc(C(N)=S)nc(N2CCc3ccccc3C2)n1. The molecule has 0 saturated heterocycles. The van der Waals surface area contributed by atoms with Gasteiger partial charge in [-0.3, -0.25) is 0 Å². The second kappa shape index (κ2) is 5.17. The van der Waals surface area contributed by atoms with Crippen molar-refractivity contribution in [1.82, 2.24) is 9.97 Å². The van der Waals surface area contributed by atoms with Crippen LogP contribution >= 0.6 is 12.2 Å². The second-order valence-corrected chi connectivity index (χ2v) is 5.44. The average Bonchev–Trinajstić information content (AvgIpc) is 2.46. The van der Waals surface area contributed by atoms with Crippen LogP contribution in [0.4, 0.5) is 5.95 Å². The summed E-state index contributed by atoms with van der Waals surface area (Å²) in [5, 5.41) is 0. The van der Waals surface area contributed by atoms with E-state index in [4.69, 9.17) is 18.0 Å². The van der Waals surface area contributed by atoms with Gasteiger partial charge < -0.3 is 10.6 Å². The molecular weight excluding hydrogens is 268 g/mol. The summed E-state index contributed by atoms with van der Waals surface area (Å²) in [5.74, 6) is 0.710. The van der Waals surface area contributed by atoms with Crippen molar-refractivity contribution < 1.29 is 0 Å². The maximum Gasteiger partial charge on any atom is 0.226 e. The minimum Gasteiger partial charge on any atom is -0.388 e. The number of hydrogen-bond acceptors (Lipinski definition) is 4. The van der Waals surface area contributed by atoms with Gasteiger partial charge in [-0.2, -0.15) is 0 Å². The van der Waals surface area contributed by atoms with Crippen molar-refractivity contribution in [2.24, 2.45) is 5.73 Å². The Balaban J connectivity index is 1.93. The van der Waals surface area contributed by atoms with Gasteiger partial charge >= 0.3 is 0 Å². The van der Waals surface area contributed by atoms with Gasteiger partial charge in [0, 0.05) is 18.8 Å². The molecule has 0 fully saturated rings. The molecule has 0 spiro atoms. The van der Waals surface area contributed by atoms with Crippen LogP contribution in [0.2, 0.25) is 0 Å². The molecule has 0 radical (unpaired) electrons. The first kappa shape index (κ1) is 13.0. The number of hydrogen-bond donors (Lipinski definition) is 1. The highest BCUT2D eigenvalue weighted by Gasteiger charge is 2.19. The van der Waals surface area contributed by atoms with E-state index in [0.717, 1.165) is 25.2 Å². The maximum absolute atomic E-state index is 5.68. The summed E-state index contributed by atoms with van der Waals surface area (Å²) >= 11 is 5.01. The summed E-state index contributed by atoms with van der Waals surface area (Å²) in [4.78, 5) is 11.5. The quantitative estimate of drug-likeness (QED) is 0.855. The van der Waals surface area contributed by atoms with Gasteiger partial charge in [0.05, 0.1) is 0 Å². The summed E-state index contributed by atoms with van der Waals surface area (Å²) in [6.45, 7) is 3.68. The molecule has 2 heterocycles. The number of aryl methyl sites for hydroxylation is 1. The van der Waals surface area contributed by atoms with Gasteiger partial charge in [-0.25, -0.2) is 9.97 Å². The topological polar surface area (TPSA) is 55.0 Å². The molecule has 0 bridgehead atoms. The van der Waals surface area contributed by atoms with Crippen molar-refractivity contribution in [3.8, 4) is 0 Å². The third kappa shape index (κ3) is 2.49. The molecule has 1 aromatic carbocycles. The molecule has 0 amide bonds. The number of aromatic nitrogens is 2. The van der Waals surface area contributed by atoms with E-state index in [1.165, 1.54) is 11.1 Å². The molecule has 102 valence electrons. The molecule has 0 unspecified atom stereocenters. The lowest BCUT2D eigenvalue weighted by Crippen LogP contribution is -2.32. The van der Waals surface area contributed by atoms with Crippen LogP contribution in [0.5, 0.6) is 0 Å². The number of nitrogens with zero attached hydrogens (tertiary/aromatic N) is 3. The minimum absolute atomic E-state index is 0.314. The minimum atomic E-state index is 0.314. The van der Waals surface area contributed by atoms with Crippen LogP contribution in [-0.2, 0) is 13.0 Å². The summed E-state index contributed by atoms with van der Waals surface area (Å²) in [5.41, 5.74) is 9.95. The van der Waals surface area contributed by atoms with Crippen LogP contribution in [0.25, 0.3) is 0 Å². The largest absolute Gasteiger partial charge is 0.388 e. The number of rotatable bonds is 2. The fourth-order valence-corrected chi connectivity index (χ4v) is 2.59. The highest BCUT2D eigenvalue weighted by atomic mass is 32.1. The van der Waals surface area contributed by atoms with Crippen LogP contribution in [-0.4, -0.2) is 21.5 Å². The van der Waals surface area contributed by atoms with Crippen molar-refractivity contribution in [2.75, 3.05) is 11.4 Å². The van der Waals surface area contributed by atoms with Crippen molar-refractivity contribution in [1.29, 1.82) is 0 Å². The Kier molecular flexibility index (Phi) is 3.36. The van der Waals surface area contributed by atoms with E-state index in [1.807, 2.05) is 13.0 Å². The predicted octanol–water partition coefficient (Wildman–Crippen LogP) is 1.98. The zero-order valence-electron chi connectivity index (χ0n) is 11.3. The molecule has 2 aromatic rings. The lowest BCUT2D eigenvalue weighted by atomic mass is 10.0. The van der Waals surface area contributed by atoms with Gasteiger partial charge in [0.2, 0.25) is 5.95 Å². The Hall–Kier alpha value is -2.01. The molecule has 20 heavy (non-hydrogen) atoms. The molecule has 0 atom stereocenters. The first-order valence-corrected chi connectivity index (χ1v) is 7.01. The second-order valence-electron chi connectivity index (χ2n) is 5.00. The van der Waals surface area contributed by atoms with Gasteiger partial charge in [0.1, 0.15) is 10.7 Å². The molecule has 2 N–H and O–H groups in total. The monoisotopic (exact) mass is 284 g/mol. The summed E-state index contributed by atoms with van der Waals surface area (Å²) in [7, 11) is 0. The molecule has 1 aromatic heterocycles. The Bertz CT molecular complexity index is 669. The van der Waals surface area contributed by atoms with E-state index in [2.05, 4.69) is 39.1 Å². The van der Waals surface area contributed by atoms with Crippen molar-refractivity contribution in [3.63, 3.8) is 0 Å². The zero-order valence-corrected chi connectivity index (χ0v) is 12.2. The van der Waals surface area contributed by atoms with E-state index in [0.29, 0.717) is 16.6 Å². The Morgan fingerprint density at radius 1 is 1.25 bits per heavy atom. The van der Waals surface area contributed by atoms with Gasteiger partial charge in [-0.1, -0.05) is 36.5 Å². The lowest BCUT2D eigenvalue weighted by Gasteiger charge is -2.29. The normalized spacial score (nSPS) is 13.9. The van der Waals surface area contributed by atoms with E-state index in [-0.39, 0.29) is 0 Å². The highest BCUT2D eigenvalue weighted by molar-refractivity contribution is 7.80. The van der Waals surface area contributed by atoms with Gasteiger partial charge in [0.25, 0.3) is 0 Å². The van der Waals surface area contributed by atoms with Crippen molar-refractivity contribution >= 4 is 23.2 Å². The van der Waals surface area contributed by atoms with Gasteiger partial charge in [-0.15, -0.1) is 0 Å². The molecule has 5 heteroatoms. The van der Waals surface area contributed by atoms with Crippen LogP contribution < -0.4 is 10.6 Å². The third-order valence-corrected chi connectivity index (χ3v) is 3.72. The Morgan fingerprint density at radius 3 is 2.75 bits per heavy atom. The molecule has 1 aliphatic heterocycles. The fourth-order valence-electron chi connectivity index (χ4n) is 2.49. The summed E-state index contributed by atoms with van der Waals surface area (Å²) in [6, 6.07) is 10.3. The maximum atomic E-state index is 5.68. The van der Waals surface area contributed by atoms with Crippen LogP contribution in [0, 0.1) is 6.92 Å². The molecule has 3 rings (SSSR count). The van der Waals surface area contributed by atoms with E-state index in [1.54, 1.807) is 0 Å². The van der Waals surface area contributed by atoms with Crippen LogP contribution in [0.1, 0.15) is 22.5 Å². The number of thiocarbonyl (C=S) groups is 1. The van der Waals surface area contributed by atoms with E-state index < -0.39 is 0 Å². The van der Waals surface area contributed by atoms with E-state index >= 15 is 0 Å². The first-order chi connectivity index (χ1) is 9.63. The molecular formula is C15H16N4S. The predicted molar refractivity (Wildman–Crippen MR) is 83.9 cm³/mol. The number of anilines is 1. The number of nitrogens with two attached hydrogens (primary N) is 1. The van der Waals surface area contributed by atoms with Crippen molar-refractivity contribution in [2.45, 2.75) is 19.9 Å². The van der Waals surface area contributed by atoms with E-state index in [9.17, 15) is 0 Å². The lowest BCUT2D eigenvalue weighted by molar-refractivity contribution is 0.705. The Morgan fingerprint density at radius 2 is 2.00 bits per heavy atom. The van der Waals surface area contributed by atoms with Crippen molar-refractivity contribution in [3.05, 3.63) is 52.8 Å². The number of fused-ring (bicyclic) bond motifs is 1. The fraction of sp³-hybridized carbons (Fsp3) is 0.267. The molecule has 0 aliphatic carbocycles. The first-order valence-electron chi connectivity index (χ1n) is 6.61. The Labute approximate surface area is 123 Å². The number of benzene rings is 1. The highest BCUT2D eigenvalue weighted by Crippen LogP contribution is 2.22. The summed E-state index contributed by atoms with van der Waals surface area (Å²) in [6.07, 6.45) is 1.01. The molecule has 4 nitrogen and oxygen atoms in total. The molecule has 1 aliphatic rings. The average molecular weight is 284 g/mol. The standard InChI is InChI=1S/C15H16N4S/c1-10-8-13(14(16)20)18-15(17-10)19-7-6-11-4-2-3-5-12(11)9-19/h2-5,8H,6-7,9H2,1H3,(H2,16,20). The van der Waals surface area contributed by atoms with Gasteiger partial charge in [-0.05, 0) is 30.5 Å². The smallest absolute Gasteiger partial charge is 0.226 e. The van der Waals surface area contributed by atoms with Gasteiger partial charge in [0.15, 0.2) is 0 Å². The van der Waals surface area contributed by atoms with Crippen LogP contribution in [0.3, 0.4) is 0 Å². The zero-order chi connectivity index (χ0) is 14.1. The van der Waals surface area contributed by atoms with Crippen LogP contribution in [0.15, 0.2) is 30.3 Å². The summed E-state index contributed by atoms with van der Waals surface area (Å²) < 4.78 is 0. The third-order valence-electron chi connectivity index (χ3n) is 3.51. The molecule has 0 saturated carbocycles.